The van der Waals surface area contributed by atoms with E-state index < -0.39 is 10.0 Å². The second kappa shape index (κ2) is 10.7. The van der Waals surface area contributed by atoms with Crippen molar-refractivity contribution in [2.75, 3.05) is 40.4 Å². The van der Waals surface area contributed by atoms with E-state index in [1.807, 2.05) is 12.1 Å². The highest BCUT2D eigenvalue weighted by Gasteiger charge is 2.31. The quantitative estimate of drug-likeness (QED) is 0.472. The minimum Gasteiger partial charge on any atom is -0.493 e. The zero-order valence-electron chi connectivity index (χ0n) is 19.6. The Kier molecular flexibility index (Phi) is 7.52. The summed E-state index contributed by atoms with van der Waals surface area (Å²) >= 11 is 0. The van der Waals surface area contributed by atoms with Gasteiger partial charge in [0.05, 0.1) is 19.1 Å². The Labute approximate surface area is 204 Å². The Morgan fingerprint density at radius 2 is 1.71 bits per heavy atom. The average Bonchev–Trinajstić information content (AvgIpc) is 2.91. The number of sulfonamides is 1. The standard InChI is InChI=1S/C25H27N3O6S/c1-32-23-9-8-22(16-24(23)33-2)35(30,31)28-13-11-27(12-14-28)25(29)20-6-3-7-21(15-20)34-18-19-5-4-10-26-17-19/h3-10,15-17H,11-14,18H2,1-2H3. The second-order valence-corrected chi connectivity index (χ2v) is 9.83. The Balaban J connectivity index is 1.39. The van der Waals surface area contributed by atoms with Gasteiger partial charge in [0.25, 0.3) is 5.91 Å². The van der Waals surface area contributed by atoms with Crippen molar-refractivity contribution in [2.24, 2.45) is 0 Å². The largest absolute Gasteiger partial charge is 0.493 e. The van der Waals surface area contributed by atoms with Gasteiger partial charge in [-0.2, -0.15) is 4.31 Å². The summed E-state index contributed by atoms with van der Waals surface area (Å²) in [5.74, 6) is 1.20. The lowest BCUT2D eigenvalue weighted by atomic mass is 10.1. The van der Waals surface area contributed by atoms with Crippen LogP contribution in [-0.4, -0.2) is 68.9 Å². The lowest BCUT2D eigenvalue weighted by Gasteiger charge is -2.34. The van der Waals surface area contributed by atoms with E-state index in [-0.39, 0.29) is 37.0 Å². The molecule has 0 unspecified atom stereocenters. The number of piperazine rings is 1. The second-order valence-electron chi connectivity index (χ2n) is 7.89. The molecule has 2 heterocycles. The molecule has 1 amide bonds. The van der Waals surface area contributed by atoms with Gasteiger partial charge in [-0.3, -0.25) is 9.78 Å². The van der Waals surface area contributed by atoms with Gasteiger partial charge in [0.1, 0.15) is 12.4 Å². The highest BCUT2D eigenvalue weighted by molar-refractivity contribution is 7.89. The van der Waals surface area contributed by atoms with Crippen LogP contribution in [0.5, 0.6) is 17.2 Å². The van der Waals surface area contributed by atoms with Crippen LogP contribution in [0.2, 0.25) is 0 Å². The Morgan fingerprint density at radius 1 is 0.943 bits per heavy atom. The van der Waals surface area contributed by atoms with Crippen molar-refractivity contribution in [1.29, 1.82) is 0 Å². The topological polar surface area (TPSA) is 98.3 Å². The zero-order chi connectivity index (χ0) is 24.8. The lowest BCUT2D eigenvalue weighted by molar-refractivity contribution is 0.0697. The number of aromatic nitrogens is 1. The number of methoxy groups -OCH3 is 2. The number of nitrogens with zero attached hydrogens (tertiary/aromatic N) is 3. The highest BCUT2D eigenvalue weighted by Crippen LogP contribution is 2.31. The molecule has 0 saturated carbocycles. The molecule has 0 atom stereocenters. The van der Waals surface area contributed by atoms with E-state index in [1.165, 1.54) is 30.7 Å². The molecule has 2 aromatic carbocycles. The van der Waals surface area contributed by atoms with Gasteiger partial charge in [0.2, 0.25) is 10.0 Å². The van der Waals surface area contributed by atoms with Crippen molar-refractivity contribution in [3.8, 4) is 17.2 Å². The molecule has 10 heteroatoms. The van der Waals surface area contributed by atoms with E-state index in [1.54, 1.807) is 47.6 Å². The predicted octanol–water partition coefficient (Wildman–Crippen LogP) is 2.82. The van der Waals surface area contributed by atoms with Gasteiger partial charge >= 0.3 is 0 Å². The van der Waals surface area contributed by atoms with Crippen molar-refractivity contribution in [1.82, 2.24) is 14.2 Å². The molecule has 1 aliphatic heterocycles. The summed E-state index contributed by atoms with van der Waals surface area (Å²) in [6.45, 7) is 1.30. The first-order valence-electron chi connectivity index (χ1n) is 11.1. The normalized spacial score (nSPS) is 14.4. The third-order valence-electron chi connectivity index (χ3n) is 5.73. The van der Waals surface area contributed by atoms with Crippen molar-refractivity contribution >= 4 is 15.9 Å². The molecule has 4 rings (SSSR count). The first kappa shape index (κ1) is 24.5. The fraction of sp³-hybridized carbons (Fsp3) is 0.280. The third kappa shape index (κ3) is 5.55. The average molecular weight is 498 g/mol. The summed E-state index contributed by atoms with van der Waals surface area (Å²) < 4.78 is 43.9. The number of carbonyl (C=O) groups is 1. The third-order valence-corrected chi connectivity index (χ3v) is 7.62. The number of carbonyl (C=O) groups excluding carboxylic acids is 1. The molecule has 3 aromatic rings. The first-order chi connectivity index (χ1) is 16.9. The molecule has 184 valence electrons. The molecule has 0 radical (unpaired) electrons. The van der Waals surface area contributed by atoms with Gasteiger partial charge < -0.3 is 19.1 Å². The van der Waals surface area contributed by atoms with Crippen molar-refractivity contribution in [3.05, 3.63) is 78.1 Å². The predicted molar refractivity (Wildman–Crippen MR) is 129 cm³/mol. The van der Waals surface area contributed by atoms with Crippen LogP contribution in [0.4, 0.5) is 0 Å². The smallest absolute Gasteiger partial charge is 0.254 e. The first-order valence-corrected chi connectivity index (χ1v) is 12.5. The maximum absolute atomic E-state index is 13.1. The van der Waals surface area contributed by atoms with E-state index in [0.717, 1.165) is 5.56 Å². The summed E-state index contributed by atoms with van der Waals surface area (Å²) in [5, 5.41) is 0. The molecule has 1 aromatic heterocycles. The number of rotatable bonds is 8. The van der Waals surface area contributed by atoms with Crippen LogP contribution in [-0.2, 0) is 16.6 Å². The Morgan fingerprint density at radius 3 is 2.40 bits per heavy atom. The van der Waals surface area contributed by atoms with Gasteiger partial charge in [-0.05, 0) is 36.4 Å². The molecule has 0 N–H and O–H groups in total. The maximum atomic E-state index is 13.1. The number of hydrogen-bond acceptors (Lipinski definition) is 7. The maximum Gasteiger partial charge on any atom is 0.254 e. The summed E-state index contributed by atoms with van der Waals surface area (Å²) in [7, 11) is -0.792. The number of amides is 1. The van der Waals surface area contributed by atoms with Crippen LogP contribution >= 0.6 is 0 Å². The number of hydrogen-bond donors (Lipinski definition) is 0. The fourth-order valence-electron chi connectivity index (χ4n) is 3.81. The van der Waals surface area contributed by atoms with Crippen molar-refractivity contribution < 1.29 is 27.4 Å². The van der Waals surface area contributed by atoms with E-state index in [0.29, 0.717) is 29.4 Å². The molecule has 1 fully saturated rings. The van der Waals surface area contributed by atoms with E-state index in [9.17, 15) is 13.2 Å². The van der Waals surface area contributed by atoms with Crippen LogP contribution in [0, 0.1) is 0 Å². The lowest BCUT2D eigenvalue weighted by Crippen LogP contribution is -2.50. The van der Waals surface area contributed by atoms with E-state index in [4.69, 9.17) is 14.2 Å². The minimum atomic E-state index is -3.74. The molecule has 0 aliphatic carbocycles. The monoisotopic (exact) mass is 497 g/mol. The molecule has 1 aliphatic rings. The van der Waals surface area contributed by atoms with Crippen molar-refractivity contribution in [2.45, 2.75) is 11.5 Å². The number of ether oxygens (including phenoxy) is 3. The molecular formula is C25H27N3O6S. The van der Waals surface area contributed by atoms with Crippen LogP contribution in [0.25, 0.3) is 0 Å². The number of benzene rings is 2. The molecule has 0 bridgehead atoms. The fourth-order valence-corrected chi connectivity index (χ4v) is 5.25. The molecular weight excluding hydrogens is 470 g/mol. The van der Waals surface area contributed by atoms with Gasteiger partial charge in [0, 0.05) is 55.8 Å². The Bertz CT molecular complexity index is 1280. The summed E-state index contributed by atoms with van der Waals surface area (Å²) in [4.78, 5) is 18.9. The van der Waals surface area contributed by atoms with Gasteiger partial charge in [-0.25, -0.2) is 8.42 Å². The summed E-state index contributed by atoms with van der Waals surface area (Å²) in [6, 6.07) is 15.2. The Hall–Kier alpha value is -3.63. The molecule has 0 spiro atoms. The zero-order valence-corrected chi connectivity index (χ0v) is 20.4. The molecule has 1 saturated heterocycles. The van der Waals surface area contributed by atoms with Crippen LogP contribution in [0.3, 0.4) is 0 Å². The van der Waals surface area contributed by atoms with Gasteiger partial charge in [-0.1, -0.05) is 12.1 Å². The van der Waals surface area contributed by atoms with Crippen LogP contribution < -0.4 is 14.2 Å². The molecule has 9 nitrogen and oxygen atoms in total. The van der Waals surface area contributed by atoms with Crippen LogP contribution in [0.15, 0.2) is 71.9 Å². The summed E-state index contributed by atoms with van der Waals surface area (Å²) in [6.07, 6.45) is 3.42. The van der Waals surface area contributed by atoms with Gasteiger partial charge in [-0.15, -0.1) is 0 Å². The number of pyridine rings is 1. The molecule has 35 heavy (non-hydrogen) atoms. The SMILES string of the molecule is COc1ccc(S(=O)(=O)N2CCN(C(=O)c3cccc(OCc4cccnc4)c3)CC2)cc1OC. The van der Waals surface area contributed by atoms with E-state index in [2.05, 4.69) is 4.98 Å². The van der Waals surface area contributed by atoms with Crippen LogP contribution in [0.1, 0.15) is 15.9 Å². The highest BCUT2D eigenvalue weighted by atomic mass is 32.2. The van der Waals surface area contributed by atoms with Crippen molar-refractivity contribution in [3.63, 3.8) is 0 Å². The summed E-state index contributed by atoms with van der Waals surface area (Å²) in [5.41, 5.74) is 1.42. The minimum absolute atomic E-state index is 0.119. The van der Waals surface area contributed by atoms with Gasteiger partial charge in [0.15, 0.2) is 11.5 Å². The van der Waals surface area contributed by atoms with E-state index >= 15 is 0 Å².